The lowest BCUT2D eigenvalue weighted by Crippen LogP contribution is -2.51. The zero-order valence-corrected chi connectivity index (χ0v) is 22.4. The summed E-state index contributed by atoms with van der Waals surface area (Å²) in [6, 6.07) is -2.13. The van der Waals surface area contributed by atoms with Gasteiger partial charge in [-0.2, -0.15) is 0 Å². The Labute approximate surface area is 211 Å². The van der Waals surface area contributed by atoms with Gasteiger partial charge in [0.25, 0.3) is 10.0 Å². The molecular weight excluding hydrogens is 490 g/mol. The molecule has 12 nitrogen and oxygen atoms in total. The first-order chi connectivity index (χ1) is 16.6. The number of hydrogen-bond acceptors (Lipinski definition) is 8. The summed E-state index contributed by atoms with van der Waals surface area (Å²) in [5, 5.41) is 33.8. The van der Waals surface area contributed by atoms with E-state index in [0.29, 0.717) is 24.0 Å². The Balaban J connectivity index is 1.99. The van der Waals surface area contributed by atoms with E-state index in [9.17, 15) is 18.0 Å². The number of aliphatic carboxylic acids is 1. The van der Waals surface area contributed by atoms with Crippen molar-refractivity contribution >= 4 is 27.9 Å². The van der Waals surface area contributed by atoms with Gasteiger partial charge in [-0.3, -0.25) is 10.2 Å². The third kappa shape index (κ3) is 6.65. The van der Waals surface area contributed by atoms with Crippen molar-refractivity contribution < 1.29 is 33.0 Å². The van der Waals surface area contributed by atoms with Gasteiger partial charge in [0.2, 0.25) is 11.9 Å². The fourth-order valence-corrected chi connectivity index (χ4v) is 5.78. The van der Waals surface area contributed by atoms with Crippen LogP contribution >= 0.6 is 0 Å². The van der Waals surface area contributed by atoms with E-state index in [1.165, 1.54) is 7.05 Å². The molecule has 1 aromatic carbocycles. The van der Waals surface area contributed by atoms with Crippen molar-refractivity contribution in [1.82, 2.24) is 20.7 Å². The Morgan fingerprint density at radius 1 is 1.14 bits per heavy atom. The van der Waals surface area contributed by atoms with Crippen molar-refractivity contribution in [2.24, 2.45) is 0 Å². The number of amides is 1. The van der Waals surface area contributed by atoms with Gasteiger partial charge in [-0.15, -0.1) is 0 Å². The number of hydrogen-bond donors (Lipinski definition) is 7. The Kier molecular flexibility index (Phi) is 9.32. The molecule has 1 aliphatic rings. The number of aliphatic hydroxyl groups excluding tert-OH is 1. The first-order valence-electron chi connectivity index (χ1n) is 11.6. The summed E-state index contributed by atoms with van der Waals surface area (Å²) in [6.07, 6.45) is 1.24. The summed E-state index contributed by atoms with van der Waals surface area (Å²) >= 11 is 0. The highest BCUT2D eigenvalue weighted by molar-refractivity contribution is 7.90. The average molecular weight is 528 g/mol. The van der Waals surface area contributed by atoms with Gasteiger partial charge in [-0.05, 0) is 71.2 Å². The summed E-state index contributed by atoms with van der Waals surface area (Å²) in [7, 11) is -2.51. The number of carbonyl (C=O) groups is 2. The maximum atomic E-state index is 13.2. The number of aliphatic hydroxyl groups is 1. The molecule has 0 unspecified atom stereocenters. The van der Waals surface area contributed by atoms with Crippen LogP contribution in [0.3, 0.4) is 0 Å². The van der Waals surface area contributed by atoms with E-state index in [4.69, 9.17) is 20.4 Å². The minimum atomic E-state index is -4.05. The molecule has 0 saturated carbocycles. The second-order valence-electron chi connectivity index (χ2n) is 9.52. The quantitative estimate of drug-likeness (QED) is 0.118. The molecule has 2 rings (SSSR count). The Morgan fingerprint density at radius 2 is 1.78 bits per heavy atom. The molecule has 0 aromatic heterocycles. The van der Waals surface area contributed by atoms with Crippen LogP contribution in [0.25, 0.3) is 0 Å². The van der Waals surface area contributed by atoms with Crippen LogP contribution in [0.2, 0.25) is 0 Å². The molecule has 0 radical (unpaired) electrons. The number of carboxylic acid groups (broad SMARTS) is 1. The van der Waals surface area contributed by atoms with Gasteiger partial charge in [-0.25, -0.2) is 17.9 Å². The third-order valence-electron chi connectivity index (χ3n) is 6.23. The molecule has 1 aromatic rings. The average Bonchev–Trinajstić information content (AvgIpc) is 3.11. The molecule has 0 bridgehead atoms. The number of sulfonamides is 1. The highest BCUT2D eigenvalue weighted by Crippen LogP contribution is 2.43. The number of carbonyl (C=O) groups excluding carboxylic acids is 1. The number of ether oxygens (including phenoxy) is 1. The molecule has 1 aliphatic heterocycles. The van der Waals surface area contributed by atoms with Gasteiger partial charge in [0.05, 0.1) is 17.5 Å². The second-order valence-corrected chi connectivity index (χ2v) is 11.1. The van der Waals surface area contributed by atoms with Crippen molar-refractivity contribution in [2.75, 3.05) is 20.2 Å². The number of likely N-dealkylation sites (N-methyl/N-ethyl adjacent to an activating group) is 1. The van der Waals surface area contributed by atoms with Crippen LogP contribution in [0.1, 0.15) is 48.9 Å². The molecule has 2 atom stereocenters. The largest absolute Gasteiger partial charge is 0.487 e. The Bertz CT molecular complexity index is 1130. The fourth-order valence-electron chi connectivity index (χ4n) is 4.25. The molecule has 0 spiro atoms. The second kappa shape index (κ2) is 11.4. The third-order valence-corrected chi connectivity index (χ3v) is 7.85. The van der Waals surface area contributed by atoms with E-state index in [1.54, 1.807) is 13.8 Å². The van der Waals surface area contributed by atoms with Crippen molar-refractivity contribution in [1.29, 1.82) is 5.41 Å². The molecule has 0 aliphatic carbocycles. The van der Waals surface area contributed by atoms with Crippen molar-refractivity contribution in [3.63, 3.8) is 0 Å². The van der Waals surface area contributed by atoms with E-state index >= 15 is 0 Å². The molecule has 1 heterocycles. The van der Waals surface area contributed by atoms with E-state index in [1.807, 2.05) is 20.8 Å². The smallest absolute Gasteiger partial charge is 0.328 e. The molecule has 36 heavy (non-hydrogen) atoms. The van der Waals surface area contributed by atoms with Crippen LogP contribution in [0.15, 0.2) is 4.90 Å². The lowest BCUT2D eigenvalue weighted by atomic mass is 9.94. The van der Waals surface area contributed by atoms with Crippen LogP contribution in [-0.2, 0) is 26.0 Å². The van der Waals surface area contributed by atoms with Crippen LogP contribution in [0.4, 0.5) is 0 Å². The van der Waals surface area contributed by atoms with Crippen molar-refractivity contribution in [2.45, 2.75) is 76.5 Å². The minimum Gasteiger partial charge on any atom is -0.487 e. The standard InChI is InChI=1S/C23H37N5O7S/c1-12-13(2)19(14(3)15-10-23(4,5)35-18(12)15)36(33,34)28-22(24)26-9-7-8-16(25-6)20(30)27-17(11-29)21(31)32/h16-17,25,29H,7-11H2,1-6H3,(H,27,30)(H,31,32)(H3,24,26,28)/t16-,17-/m0/s1. The van der Waals surface area contributed by atoms with Gasteiger partial charge >= 0.3 is 5.97 Å². The lowest BCUT2D eigenvalue weighted by molar-refractivity contribution is -0.143. The number of nitrogens with one attached hydrogen (secondary N) is 5. The maximum absolute atomic E-state index is 13.2. The van der Waals surface area contributed by atoms with Crippen molar-refractivity contribution in [3.8, 4) is 5.75 Å². The van der Waals surface area contributed by atoms with Crippen LogP contribution in [0, 0.1) is 26.2 Å². The van der Waals surface area contributed by atoms with Gasteiger partial charge < -0.3 is 30.9 Å². The first-order valence-corrected chi connectivity index (χ1v) is 13.1. The van der Waals surface area contributed by atoms with Crippen LogP contribution in [-0.4, -0.2) is 74.4 Å². The van der Waals surface area contributed by atoms with E-state index in [2.05, 4.69) is 20.7 Å². The number of benzene rings is 1. The maximum Gasteiger partial charge on any atom is 0.328 e. The van der Waals surface area contributed by atoms with Crippen molar-refractivity contribution in [3.05, 3.63) is 22.3 Å². The molecule has 0 fully saturated rings. The fraction of sp³-hybridized carbons (Fsp3) is 0.609. The summed E-state index contributed by atoms with van der Waals surface area (Å²) in [4.78, 5) is 23.3. The van der Waals surface area contributed by atoms with Gasteiger partial charge in [0.1, 0.15) is 17.4 Å². The van der Waals surface area contributed by atoms with Gasteiger partial charge in [-0.1, -0.05) is 0 Å². The summed E-state index contributed by atoms with van der Waals surface area (Å²) < 4.78 is 34.7. The number of guanidine groups is 1. The highest BCUT2D eigenvalue weighted by atomic mass is 32.2. The zero-order valence-electron chi connectivity index (χ0n) is 21.5. The van der Waals surface area contributed by atoms with Gasteiger partial charge in [0, 0.05) is 18.5 Å². The molecular formula is C23H37N5O7S. The van der Waals surface area contributed by atoms with E-state index in [-0.39, 0.29) is 17.9 Å². The minimum absolute atomic E-state index is 0.135. The highest BCUT2D eigenvalue weighted by Gasteiger charge is 2.36. The number of rotatable bonds is 11. The topological polar surface area (TPSA) is 190 Å². The van der Waals surface area contributed by atoms with Crippen LogP contribution in [0.5, 0.6) is 5.75 Å². The van der Waals surface area contributed by atoms with Gasteiger partial charge in [0.15, 0.2) is 0 Å². The van der Waals surface area contributed by atoms with E-state index in [0.717, 1.165) is 16.9 Å². The SMILES string of the molecule is CN[C@@H](CCCNC(=N)NS(=O)(=O)c1c(C)c(C)c2c(c1C)CC(C)(C)O2)C(=O)N[C@@H](CO)C(=O)O. The number of fused-ring (bicyclic) bond motifs is 1. The van der Waals surface area contributed by atoms with Crippen LogP contribution < -0.4 is 25.4 Å². The molecule has 202 valence electrons. The summed E-state index contributed by atoms with van der Waals surface area (Å²) in [6.45, 7) is 8.65. The lowest BCUT2D eigenvalue weighted by Gasteiger charge is -2.20. The predicted octanol–water partition coefficient (Wildman–Crippen LogP) is 0.0579. The predicted molar refractivity (Wildman–Crippen MR) is 134 cm³/mol. The molecule has 0 saturated heterocycles. The summed E-state index contributed by atoms with van der Waals surface area (Å²) in [5.74, 6) is -1.61. The summed E-state index contributed by atoms with van der Waals surface area (Å²) in [5.41, 5.74) is 2.34. The first kappa shape index (κ1) is 29.3. The molecule has 7 N–H and O–H groups in total. The normalized spacial score (nSPS) is 15.9. The number of carboxylic acids is 1. The Morgan fingerprint density at radius 3 is 2.33 bits per heavy atom. The Hall–Kier alpha value is -2.90. The monoisotopic (exact) mass is 527 g/mol. The zero-order chi connectivity index (χ0) is 27.4. The molecule has 13 heteroatoms. The van der Waals surface area contributed by atoms with E-state index < -0.39 is 52.2 Å². The molecule has 1 amide bonds.